The Kier molecular flexibility index (Phi) is 7.12. The van der Waals surface area contributed by atoms with Crippen molar-refractivity contribution in [3.63, 3.8) is 0 Å². The van der Waals surface area contributed by atoms with Crippen LogP contribution in [-0.4, -0.2) is 36.5 Å². The van der Waals surface area contributed by atoms with Gasteiger partial charge in [0.05, 0.1) is 22.7 Å². The maximum Gasteiger partial charge on any atom is 0.262 e. The number of sulfonamides is 1. The van der Waals surface area contributed by atoms with E-state index in [1.165, 1.54) is 12.1 Å². The molecule has 1 aliphatic heterocycles. The minimum absolute atomic E-state index is 0.0847. The van der Waals surface area contributed by atoms with Gasteiger partial charge >= 0.3 is 0 Å². The quantitative estimate of drug-likeness (QED) is 0.559. The summed E-state index contributed by atoms with van der Waals surface area (Å²) in [4.78, 5) is 17.2. The van der Waals surface area contributed by atoms with E-state index in [1.807, 2.05) is 48.9 Å². The third-order valence-corrected chi connectivity index (χ3v) is 7.21. The molecule has 2 aromatic carbocycles. The normalized spacial score (nSPS) is 14.2. The van der Waals surface area contributed by atoms with Gasteiger partial charge in [0.25, 0.3) is 10.0 Å². The number of anilines is 1. The number of rotatable bonds is 6. The van der Waals surface area contributed by atoms with Gasteiger partial charge in [0.15, 0.2) is 0 Å². The van der Waals surface area contributed by atoms with Crippen LogP contribution >= 0.6 is 0 Å². The number of aryl methyl sites for hydroxylation is 1. The largest absolute Gasteiger partial charge is 0.326 e. The van der Waals surface area contributed by atoms with Gasteiger partial charge in [0, 0.05) is 29.9 Å². The molecular formula is C25H29N5O3S. The fourth-order valence-corrected chi connectivity index (χ4v) is 5.16. The zero-order valence-electron chi connectivity index (χ0n) is 19.4. The lowest BCUT2D eigenvalue weighted by Crippen LogP contribution is -2.30. The van der Waals surface area contributed by atoms with Crippen molar-refractivity contribution in [2.45, 2.75) is 50.8 Å². The molecule has 0 spiro atoms. The van der Waals surface area contributed by atoms with Crippen molar-refractivity contribution in [3.8, 4) is 5.69 Å². The van der Waals surface area contributed by atoms with Crippen LogP contribution in [0.1, 0.15) is 42.6 Å². The molecule has 4 rings (SSSR count). The molecule has 2 N–H and O–H groups in total. The maximum absolute atomic E-state index is 12.9. The summed E-state index contributed by atoms with van der Waals surface area (Å²) in [5, 5.41) is 7.41. The molecule has 8 nitrogen and oxygen atoms in total. The molecular weight excluding hydrogens is 450 g/mol. The summed E-state index contributed by atoms with van der Waals surface area (Å²) in [6.07, 6.45) is 3.67. The van der Waals surface area contributed by atoms with Gasteiger partial charge in [0.1, 0.15) is 5.84 Å². The molecule has 3 aromatic rings. The van der Waals surface area contributed by atoms with Gasteiger partial charge in [-0.3, -0.25) is 14.5 Å². The highest BCUT2D eigenvalue weighted by molar-refractivity contribution is 7.90. The number of amides is 1. The molecule has 0 unspecified atom stereocenters. The van der Waals surface area contributed by atoms with Crippen LogP contribution in [0, 0.1) is 13.8 Å². The molecule has 34 heavy (non-hydrogen) atoms. The van der Waals surface area contributed by atoms with Gasteiger partial charge in [-0.15, -0.1) is 0 Å². The van der Waals surface area contributed by atoms with E-state index in [-0.39, 0.29) is 17.2 Å². The van der Waals surface area contributed by atoms with Crippen molar-refractivity contribution in [2.24, 2.45) is 4.99 Å². The first kappa shape index (κ1) is 23.7. The number of amidine groups is 1. The standard InChI is InChI=1S/C25H29N5O3S/c1-18-23(19(2)30(28-18)21-11-5-3-6-12-21)17-25(31)27-20-10-9-13-22(16-20)34(32,33)29-24-14-7-4-8-15-26-24/h3,5-6,9-13,16H,4,7-8,14-15,17H2,1-2H3,(H,26,29)(H,27,31). The summed E-state index contributed by atoms with van der Waals surface area (Å²) < 4.78 is 30.1. The second kappa shape index (κ2) is 10.2. The lowest BCUT2D eigenvalue weighted by atomic mass is 10.1. The van der Waals surface area contributed by atoms with Crippen LogP contribution in [0.3, 0.4) is 0 Å². The zero-order valence-corrected chi connectivity index (χ0v) is 20.2. The fraction of sp³-hybridized carbons (Fsp3) is 0.320. The van der Waals surface area contributed by atoms with Crippen molar-refractivity contribution in [1.82, 2.24) is 14.5 Å². The molecule has 9 heteroatoms. The van der Waals surface area contributed by atoms with Gasteiger partial charge in [-0.25, -0.2) is 13.1 Å². The molecule has 1 amide bonds. The molecule has 0 atom stereocenters. The van der Waals surface area contributed by atoms with E-state index >= 15 is 0 Å². The van der Waals surface area contributed by atoms with Crippen LogP contribution in [0.25, 0.3) is 5.69 Å². The van der Waals surface area contributed by atoms with E-state index in [4.69, 9.17) is 0 Å². The van der Waals surface area contributed by atoms with Gasteiger partial charge in [-0.05, 0) is 57.0 Å². The van der Waals surface area contributed by atoms with Crippen molar-refractivity contribution in [3.05, 3.63) is 71.5 Å². The number of aromatic nitrogens is 2. The Morgan fingerprint density at radius 2 is 1.82 bits per heavy atom. The third-order valence-electron chi connectivity index (χ3n) is 5.83. The second-order valence-electron chi connectivity index (χ2n) is 8.39. The van der Waals surface area contributed by atoms with E-state index in [9.17, 15) is 13.2 Å². The van der Waals surface area contributed by atoms with Gasteiger partial charge < -0.3 is 5.32 Å². The van der Waals surface area contributed by atoms with E-state index in [1.54, 1.807) is 12.1 Å². The number of nitrogens with zero attached hydrogens (tertiary/aromatic N) is 3. The van der Waals surface area contributed by atoms with Gasteiger partial charge in [0.2, 0.25) is 5.91 Å². The first-order chi connectivity index (χ1) is 16.3. The highest BCUT2D eigenvalue weighted by Gasteiger charge is 2.19. The summed E-state index contributed by atoms with van der Waals surface area (Å²) in [6.45, 7) is 4.45. The number of carbonyl (C=O) groups is 1. The molecule has 0 fully saturated rings. The van der Waals surface area contributed by atoms with Crippen LogP contribution in [0.4, 0.5) is 5.69 Å². The Balaban J connectivity index is 1.47. The molecule has 178 valence electrons. The van der Waals surface area contributed by atoms with E-state index in [2.05, 4.69) is 20.1 Å². The van der Waals surface area contributed by atoms with Crippen molar-refractivity contribution >= 4 is 27.5 Å². The van der Waals surface area contributed by atoms with E-state index < -0.39 is 10.0 Å². The van der Waals surface area contributed by atoms with Gasteiger partial charge in [-0.2, -0.15) is 5.10 Å². The van der Waals surface area contributed by atoms with E-state index in [0.717, 1.165) is 41.9 Å². The first-order valence-electron chi connectivity index (χ1n) is 11.4. The Morgan fingerprint density at radius 3 is 2.62 bits per heavy atom. The average Bonchev–Trinajstić information content (AvgIpc) is 2.98. The average molecular weight is 480 g/mol. The summed E-state index contributed by atoms with van der Waals surface area (Å²) in [7, 11) is -3.78. The Hall–Kier alpha value is -3.46. The Bertz CT molecular complexity index is 1310. The molecule has 0 saturated carbocycles. The molecule has 0 bridgehead atoms. The highest BCUT2D eigenvalue weighted by Crippen LogP contribution is 2.20. The number of aliphatic imine (C=N–C) groups is 1. The predicted molar refractivity (Wildman–Crippen MR) is 133 cm³/mol. The van der Waals surface area contributed by atoms with Crippen LogP contribution < -0.4 is 10.0 Å². The Morgan fingerprint density at radius 1 is 1.03 bits per heavy atom. The second-order valence-corrected chi connectivity index (χ2v) is 10.1. The minimum Gasteiger partial charge on any atom is -0.326 e. The van der Waals surface area contributed by atoms with Crippen molar-refractivity contribution < 1.29 is 13.2 Å². The molecule has 0 aliphatic carbocycles. The van der Waals surface area contributed by atoms with Crippen LogP contribution in [0.5, 0.6) is 0 Å². The van der Waals surface area contributed by atoms with Crippen molar-refractivity contribution in [1.29, 1.82) is 0 Å². The summed E-state index contributed by atoms with van der Waals surface area (Å²) in [6, 6.07) is 16.0. The number of hydrogen-bond acceptors (Lipinski definition) is 5. The van der Waals surface area contributed by atoms with Crippen LogP contribution in [-0.2, 0) is 21.2 Å². The molecule has 0 saturated heterocycles. The smallest absolute Gasteiger partial charge is 0.262 e. The predicted octanol–water partition coefficient (Wildman–Crippen LogP) is 3.92. The minimum atomic E-state index is -3.78. The van der Waals surface area contributed by atoms with Crippen LogP contribution in [0.15, 0.2) is 64.5 Å². The topological polar surface area (TPSA) is 105 Å². The first-order valence-corrected chi connectivity index (χ1v) is 12.9. The molecule has 1 aromatic heterocycles. The number of para-hydroxylation sites is 1. The lowest BCUT2D eigenvalue weighted by Gasteiger charge is -2.11. The fourth-order valence-electron chi connectivity index (χ4n) is 4.03. The molecule has 0 radical (unpaired) electrons. The third kappa shape index (κ3) is 5.53. The molecule has 2 heterocycles. The maximum atomic E-state index is 12.9. The SMILES string of the molecule is Cc1nn(-c2ccccc2)c(C)c1CC(=O)Nc1cccc(S(=O)(=O)NC2=NCCCCC2)c1. The summed E-state index contributed by atoms with van der Waals surface area (Å²) in [5.74, 6) is 0.253. The zero-order chi connectivity index (χ0) is 24.1. The monoisotopic (exact) mass is 479 g/mol. The summed E-state index contributed by atoms with van der Waals surface area (Å²) >= 11 is 0. The Labute approximate surface area is 200 Å². The van der Waals surface area contributed by atoms with Crippen LogP contribution in [0.2, 0.25) is 0 Å². The highest BCUT2D eigenvalue weighted by atomic mass is 32.2. The number of carbonyl (C=O) groups excluding carboxylic acids is 1. The number of benzene rings is 2. The summed E-state index contributed by atoms with van der Waals surface area (Å²) in [5.41, 5.74) is 3.86. The number of hydrogen-bond donors (Lipinski definition) is 2. The van der Waals surface area contributed by atoms with Crippen molar-refractivity contribution in [2.75, 3.05) is 11.9 Å². The number of nitrogens with one attached hydrogen (secondary N) is 2. The van der Waals surface area contributed by atoms with E-state index in [0.29, 0.717) is 24.5 Å². The molecule has 1 aliphatic rings. The lowest BCUT2D eigenvalue weighted by molar-refractivity contribution is -0.115. The van der Waals surface area contributed by atoms with Gasteiger partial charge in [-0.1, -0.05) is 30.7 Å².